The number of hydrogen-bond acceptors (Lipinski definition) is 4. The van der Waals surface area contributed by atoms with Gasteiger partial charge in [0.15, 0.2) is 9.84 Å². The summed E-state index contributed by atoms with van der Waals surface area (Å²) in [6.45, 7) is 1.52. The van der Waals surface area contributed by atoms with Gasteiger partial charge in [0.05, 0.1) is 4.90 Å². The summed E-state index contributed by atoms with van der Waals surface area (Å²) in [5.74, 6) is -1.13. The maximum Gasteiger partial charge on any atom is 0.325 e. The average Bonchev–Trinajstić information content (AvgIpc) is 2.35. The van der Waals surface area contributed by atoms with Crippen molar-refractivity contribution in [3.63, 3.8) is 0 Å². The number of aliphatic carboxylic acids is 1. The van der Waals surface area contributed by atoms with Crippen LogP contribution in [-0.2, 0) is 21.2 Å². The summed E-state index contributed by atoms with van der Waals surface area (Å²) in [6.07, 6.45) is 1.11. The molecule has 2 amide bonds. The first-order valence-corrected chi connectivity index (χ1v) is 7.65. The zero-order chi connectivity index (χ0) is 15.3. The van der Waals surface area contributed by atoms with Crippen LogP contribution in [0, 0.1) is 0 Å². The first-order valence-electron chi connectivity index (χ1n) is 5.76. The van der Waals surface area contributed by atoms with Gasteiger partial charge in [-0.1, -0.05) is 12.1 Å². The minimum atomic E-state index is -3.24. The molecule has 0 heterocycles. The molecule has 0 aliphatic rings. The summed E-state index contributed by atoms with van der Waals surface area (Å²) in [5.41, 5.74) is 0.704. The van der Waals surface area contributed by atoms with Crippen LogP contribution in [0.25, 0.3) is 0 Å². The van der Waals surface area contributed by atoms with Gasteiger partial charge in [0.1, 0.15) is 6.04 Å². The highest BCUT2D eigenvalue weighted by molar-refractivity contribution is 7.90. The van der Waals surface area contributed by atoms with Gasteiger partial charge in [0.2, 0.25) is 0 Å². The standard InChI is InChI=1S/C12H16N2O5S/c1-8(11(15)16)14-12(17)13-7-9-3-5-10(6-4-9)20(2,18)19/h3-6,8H,7H2,1-2H3,(H,15,16)(H2,13,14,17)/t8-/m0/s1. The second-order valence-electron chi connectivity index (χ2n) is 4.30. The molecular formula is C12H16N2O5S. The molecule has 0 spiro atoms. The number of carboxylic acids is 1. The molecule has 0 radical (unpaired) electrons. The van der Waals surface area contributed by atoms with Gasteiger partial charge in [0.25, 0.3) is 0 Å². The zero-order valence-electron chi connectivity index (χ0n) is 11.1. The molecule has 0 bridgehead atoms. The van der Waals surface area contributed by atoms with Crippen LogP contribution in [0.5, 0.6) is 0 Å². The van der Waals surface area contributed by atoms with Crippen molar-refractivity contribution in [3.05, 3.63) is 29.8 Å². The van der Waals surface area contributed by atoms with Crippen molar-refractivity contribution >= 4 is 21.8 Å². The summed E-state index contributed by atoms with van der Waals surface area (Å²) < 4.78 is 22.5. The van der Waals surface area contributed by atoms with E-state index in [0.29, 0.717) is 5.56 Å². The second kappa shape index (κ2) is 6.38. The number of sulfone groups is 1. The van der Waals surface area contributed by atoms with Gasteiger partial charge < -0.3 is 15.7 Å². The van der Waals surface area contributed by atoms with E-state index in [9.17, 15) is 18.0 Å². The van der Waals surface area contributed by atoms with E-state index < -0.39 is 27.9 Å². The first-order chi connectivity index (χ1) is 9.20. The Morgan fingerprint density at radius 1 is 1.25 bits per heavy atom. The topological polar surface area (TPSA) is 113 Å². The number of benzene rings is 1. The summed E-state index contributed by atoms with van der Waals surface area (Å²) in [5, 5.41) is 13.3. The Bertz CT molecular complexity index is 595. The van der Waals surface area contributed by atoms with Crippen molar-refractivity contribution in [2.75, 3.05) is 6.26 Å². The Kier molecular flexibility index (Phi) is 5.09. The van der Waals surface area contributed by atoms with Gasteiger partial charge >= 0.3 is 12.0 Å². The largest absolute Gasteiger partial charge is 0.480 e. The fourth-order valence-electron chi connectivity index (χ4n) is 1.35. The number of urea groups is 1. The van der Waals surface area contributed by atoms with Crippen LogP contribution in [0.1, 0.15) is 12.5 Å². The zero-order valence-corrected chi connectivity index (χ0v) is 11.9. The first kappa shape index (κ1) is 16.0. The molecule has 0 saturated carbocycles. The molecule has 1 aromatic rings. The highest BCUT2D eigenvalue weighted by Gasteiger charge is 2.13. The Labute approximate surface area is 116 Å². The highest BCUT2D eigenvalue weighted by atomic mass is 32.2. The molecule has 1 atom stereocenters. The third kappa shape index (κ3) is 4.88. The third-order valence-corrected chi connectivity index (χ3v) is 3.65. The van der Waals surface area contributed by atoms with Gasteiger partial charge in [-0.2, -0.15) is 0 Å². The van der Waals surface area contributed by atoms with Crippen LogP contribution in [-0.4, -0.2) is 37.8 Å². The van der Waals surface area contributed by atoms with Gasteiger partial charge in [-0.15, -0.1) is 0 Å². The smallest absolute Gasteiger partial charge is 0.325 e. The lowest BCUT2D eigenvalue weighted by Gasteiger charge is -2.10. The molecule has 0 unspecified atom stereocenters. The van der Waals surface area contributed by atoms with E-state index in [-0.39, 0.29) is 11.4 Å². The fraction of sp³-hybridized carbons (Fsp3) is 0.333. The number of carboxylic acid groups (broad SMARTS) is 1. The Morgan fingerprint density at radius 2 is 1.80 bits per heavy atom. The Morgan fingerprint density at radius 3 is 2.25 bits per heavy atom. The molecule has 0 saturated heterocycles. The van der Waals surface area contributed by atoms with Crippen molar-refractivity contribution in [2.45, 2.75) is 24.4 Å². The number of rotatable bonds is 5. The minimum absolute atomic E-state index is 0.169. The normalized spacial score (nSPS) is 12.5. The molecule has 0 aliphatic carbocycles. The van der Waals surface area contributed by atoms with Crippen molar-refractivity contribution < 1.29 is 23.1 Å². The van der Waals surface area contributed by atoms with E-state index in [4.69, 9.17) is 5.11 Å². The van der Waals surface area contributed by atoms with E-state index >= 15 is 0 Å². The minimum Gasteiger partial charge on any atom is -0.480 e. The SMILES string of the molecule is C[C@H](NC(=O)NCc1ccc(S(C)(=O)=O)cc1)C(=O)O. The monoisotopic (exact) mass is 300 g/mol. The lowest BCUT2D eigenvalue weighted by molar-refractivity contribution is -0.138. The lowest BCUT2D eigenvalue weighted by atomic mass is 10.2. The molecule has 7 nitrogen and oxygen atoms in total. The van der Waals surface area contributed by atoms with Gasteiger partial charge in [-0.3, -0.25) is 4.79 Å². The number of carbonyl (C=O) groups excluding carboxylic acids is 1. The summed E-state index contributed by atoms with van der Waals surface area (Å²) in [4.78, 5) is 22.1. The number of nitrogens with one attached hydrogen (secondary N) is 2. The van der Waals surface area contributed by atoms with E-state index in [1.807, 2.05) is 0 Å². The van der Waals surface area contributed by atoms with E-state index in [1.54, 1.807) is 12.1 Å². The van der Waals surface area contributed by atoms with Crippen LogP contribution >= 0.6 is 0 Å². The van der Waals surface area contributed by atoms with E-state index in [1.165, 1.54) is 19.1 Å². The van der Waals surface area contributed by atoms with Crippen molar-refractivity contribution in [1.29, 1.82) is 0 Å². The maximum atomic E-state index is 11.4. The molecule has 0 aromatic heterocycles. The van der Waals surface area contributed by atoms with E-state index in [2.05, 4.69) is 10.6 Å². The van der Waals surface area contributed by atoms with Crippen molar-refractivity contribution in [3.8, 4) is 0 Å². The quantitative estimate of drug-likeness (QED) is 0.727. The molecule has 20 heavy (non-hydrogen) atoms. The predicted octanol–water partition coefficient (Wildman–Crippen LogP) is 0.362. The fourth-order valence-corrected chi connectivity index (χ4v) is 1.98. The third-order valence-electron chi connectivity index (χ3n) is 2.52. The molecule has 0 fully saturated rings. The van der Waals surface area contributed by atoms with Gasteiger partial charge in [-0.25, -0.2) is 13.2 Å². The summed E-state index contributed by atoms with van der Waals surface area (Å²) >= 11 is 0. The molecule has 3 N–H and O–H groups in total. The number of hydrogen-bond donors (Lipinski definition) is 3. The van der Waals surface area contributed by atoms with Crippen LogP contribution in [0.4, 0.5) is 4.79 Å². The molecule has 1 aromatic carbocycles. The molecule has 110 valence electrons. The molecule has 8 heteroatoms. The van der Waals surface area contributed by atoms with Gasteiger partial charge in [-0.05, 0) is 24.6 Å². The molecule has 1 rings (SSSR count). The van der Waals surface area contributed by atoms with Gasteiger partial charge in [0, 0.05) is 12.8 Å². The van der Waals surface area contributed by atoms with Crippen LogP contribution in [0.15, 0.2) is 29.2 Å². The maximum absolute atomic E-state index is 11.4. The highest BCUT2D eigenvalue weighted by Crippen LogP contribution is 2.09. The average molecular weight is 300 g/mol. The second-order valence-corrected chi connectivity index (χ2v) is 6.32. The summed E-state index contributed by atoms with van der Waals surface area (Å²) in [6, 6.07) is 4.47. The van der Waals surface area contributed by atoms with Crippen LogP contribution in [0.3, 0.4) is 0 Å². The Hall–Kier alpha value is -2.09. The predicted molar refractivity (Wildman–Crippen MR) is 72.0 cm³/mol. The van der Waals surface area contributed by atoms with E-state index in [0.717, 1.165) is 6.26 Å². The van der Waals surface area contributed by atoms with Crippen molar-refractivity contribution in [2.24, 2.45) is 0 Å². The molecular weight excluding hydrogens is 284 g/mol. The summed E-state index contributed by atoms with van der Waals surface area (Å²) in [7, 11) is -3.24. The van der Waals surface area contributed by atoms with Crippen molar-refractivity contribution in [1.82, 2.24) is 10.6 Å². The number of carbonyl (C=O) groups is 2. The lowest BCUT2D eigenvalue weighted by Crippen LogP contribution is -2.44. The van der Waals surface area contributed by atoms with Crippen LogP contribution < -0.4 is 10.6 Å². The Balaban J connectivity index is 2.54. The van der Waals surface area contributed by atoms with Crippen LogP contribution in [0.2, 0.25) is 0 Å². The molecule has 0 aliphatic heterocycles. The number of amides is 2.